The van der Waals surface area contributed by atoms with Gasteiger partial charge in [0.15, 0.2) is 5.69 Å². The van der Waals surface area contributed by atoms with E-state index in [1.165, 1.54) is 6.07 Å². The third-order valence-corrected chi connectivity index (χ3v) is 3.54. The highest BCUT2D eigenvalue weighted by molar-refractivity contribution is 6.76. The summed E-state index contributed by atoms with van der Waals surface area (Å²) in [6.07, 6.45) is -2.86. The lowest BCUT2D eigenvalue weighted by Crippen LogP contribution is -2.37. The average molecular weight is 417 g/mol. The van der Waals surface area contributed by atoms with Gasteiger partial charge in [0, 0.05) is 18.8 Å². The molecule has 2 heterocycles. The Labute approximate surface area is 154 Å². The van der Waals surface area contributed by atoms with Crippen molar-refractivity contribution in [1.82, 2.24) is 9.97 Å². The number of alkyl halides is 6. The Bertz CT molecular complexity index is 809. The van der Waals surface area contributed by atoms with Crippen molar-refractivity contribution in [2.75, 3.05) is 11.9 Å². The summed E-state index contributed by atoms with van der Waals surface area (Å²) in [7, 11) is 1.01. The van der Waals surface area contributed by atoms with Crippen molar-refractivity contribution >= 4 is 46.4 Å². The van der Waals surface area contributed by atoms with Gasteiger partial charge in [-0.15, -0.1) is 0 Å². The summed E-state index contributed by atoms with van der Waals surface area (Å²) in [5, 5.41) is 0. The Hall–Kier alpha value is -1.64. The molecule has 0 aromatic carbocycles. The summed E-state index contributed by atoms with van der Waals surface area (Å²) < 4.78 is 50.8. The molecule has 0 spiro atoms. The summed E-state index contributed by atoms with van der Waals surface area (Å²) in [6.45, 7) is 0. The second-order valence-electron chi connectivity index (χ2n) is 4.82. The van der Waals surface area contributed by atoms with Crippen LogP contribution in [0.15, 0.2) is 30.6 Å². The summed E-state index contributed by atoms with van der Waals surface area (Å²) in [5.74, 6) is -1.93. The van der Waals surface area contributed by atoms with Gasteiger partial charge in [-0.25, -0.2) is 9.37 Å². The Balaban J connectivity index is 2.58. The van der Waals surface area contributed by atoms with Crippen LogP contribution in [0.25, 0.3) is 11.3 Å². The van der Waals surface area contributed by atoms with E-state index >= 15 is 0 Å². The molecule has 0 aliphatic rings. The molecule has 0 aliphatic carbocycles. The number of halogens is 7. The Morgan fingerprint density at radius 1 is 1.16 bits per heavy atom. The highest BCUT2D eigenvalue weighted by Gasteiger charge is 2.41. The SMILES string of the molecule is CN(C(=O)C(Cl)(Cl)Cl)c1ccc(-c2cncc(F)c2)nc1C(F)(F)F. The topological polar surface area (TPSA) is 46.1 Å². The lowest BCUT2D eigenvalue weighted by Gasteiger charge is -2.24. The Kier molecular flexibility index (Phi) is 5.46. The van der Waals surface area contributed by atoms with Crippen molar-refractivity contribution in [1.29, 1.82) is 0 Å². The van der Waals surface area contributed by atoms with Crippen molar-refractivity contribution in [2.24, 2.45) is 0 Å². The molecule has 0 fully saturated rings. The van der Waals surface area contributed by atoms with Gasteiger partial charge in [-0.2, -0.15) is 13.2 Å². The summed E-state index contributed by atoms with van der Waals surface area (Å²) >= 11 is 16.3. The number of anilines is 1. The molecule has 134 valence electrons. The maximum Gasteiger partial charge on any atom is 0.435 e. The number of aromatic nitrogens is 2. The second kappa shape index (κ2) is 6.93. The number of carbonyl (C=O) groups is 1. The molecule has 0 bridgehead atoms. The first-order chi connectivity index (χ1) is 11.4. The molecular formula is C14H8Cl3F4N3O. The quantitative estimate of drug-likeness (QED) is 0.529. The predicted molar refractivity (Wildman–Crippen MR) is 86.1 cm³/mol. The summed E-state index contributed by atoms with van der Waals surface area (Å²) in [6, 6.07) is 3.12. The first-order valence-electron chi connectivity index (χ1n) is 6.45. The predicted octanol–water partition coefficient (Wildman–Crippen LogP) is 4.63. The molecule has 2 rings (SSSR count). The van der Waals surface area contributed by atoms with E-state index in [9.17, 15) is 22.4 Å². The zero-order valence-electron chi connectivity index (χ0n) is 12.3. The normalized spacial score (nSPS) is 12.2. The van der Waals surface area contributed by atoms with Crippen molar-refractivity contribution in [3.05, 3.63) is 42.1 Å². The van der Waals surface area contributed by atoms with Gasteiger partial charge in [0.2, 0.25) is 0 Å². The van der Waals surface area contributed by atoms with Crippen LogP contribution in [0.1, 0.15) is 5.69 Å². The van der Waals surface area contributed by atoms with Gasteiger partial charge in [0.25, 0.3) is 9.70 Å². The van der Waals surface area contributed by atoms with E-state index in [1.54, 1.807) is 0 Å². The third-order valence-electron chi connectivity index (χ3n) is 3.05. The van der Waals surface area contributed by atoms with Crippen LogP contribution in [0.5, 0.6) is 0 Å². The van der Waals surface area contributed by atoms with Crippen LogP contribution in [0.2, 0.25) is 0 Å². The monoisotopic (exact) mass is 415 g/mol. The molecule has 4 nitrogen and oxygen atoms in total. The lowest BCUT2D eigenvalue weighted by atomic mass is 10.1. The number of carbonyl (C=O) groups excluding carboxylic acids is 1. The van der Waals surface area contributed by atoms with Crippen LogP contribution in [-0.4, -0.2) is 26.7 Å². The maximum absolute atomic E-state index is 13.4. The van der Waals surface area contributed by atoms with Gasteiger partial charge in [-0.3, -0.25) is 9.78 Å². The van der Waals surface area contributed by atoms with Gasteiger partial charge >= 0.3 is 6.18 Å². The number of rotatable bonds is 2. The standard InChI is InChI=1S/C14H8Cl3F4N3O/c1-24(12(25)13(15,16)17)10-3-2-9(23-11(10)14(19,20)21)7-4-8(18)6-22-5-7/h2-6H,1H3. The average Bonchev–Trinajstić information content (AvgIpc) is 2.51. The molecule has 11 heteroatoms. The van der Waals surface area contributed by atoms with Crippen molar-refractivity contribution in [3.63, 3.8) is 0 Å². The highest BCUT2D eigenvalue weighted by atomic mass is 35.6. The van der Waals surface area contributed by atoms with E-state index in [0.29, 0.717) is 4.90 Å². The minimum absolute atomic E-state index is 0.0346. The van der Waals surface area contributed by atoms with E-state index in [1.807, 2.05) is 0 Å². The lowest BCUT2D eigenvalue weighted by molar-refractivity contribution is -0.140. The molecule has 0 unspecified atom stereocenters. The molecular weight excluding hydrogens is 409 g/mol. The smallest absolute Gasteiger partial charge is 0.310 e. The first kappa shape index (κ1) is 19.7. The minimum Gasteiger partial charge on any atom is -0.310 e. The van der Waals surface area contributed by atoms with E-state index in [4.69, 9.17) is 34.8 Å². The number of hydrogen-bond donors (Lipinski definition) is 0. The van der Waals surface area contributed by atoms with Crippen LogP contribution < -0.4 is 4.90 Å². The molecule has 0 saturated carbocycles. The summed E-state index contributed by atoms with van der Waals surface area (Å²) in [4.78, 5) is 19.5. The second-order valence-corrected chi connectivity index (χ2v) is 7.10. The van der Waals surface area contributed by atoms with E-state index in [2.05, 4.69) is 9.97 Å². The van der Waals surface area contributed by atoms with Crippen LogP contribution in [-0.2, 0) is 11.0 Å². The number of amides is 1. The molecule has 0 atom stereocenters. The van der Waals surface area contributed by atoms with Crippen LogP contribution in [0.3, 0.4) is 0 Å². The number of hydrogen-bond acceptors (Lipinski definition) is 3. The molecule has 0 saturated heterocycles. The maximum atomic E-state index is 13.4. The van der Waals surface area contributed by atoms with Gasteiger partial charge in [-0.05, 0) is 18.2 Å². The largest absolute Gasteiger partial charge is 0.435 e. The van der Waals surface area contributed by atoms with Gasteiger partial charge in [-0.1, -0.05) is 34.8 Å². The van der Waals surface area contributed by atoms with Crippen LogP contribution >= 0.6 is 34.8 Å². The van der Waals surface area contributed by atoms with Gasteiger partial charge < -0.3 is 4.90 Å². The molecule has 0 radical (unpaired) electrons. The number of nitrogens with zero attached hydrogens (tertiary/aromatic N) is 3. The Morgan fingerprint density at radius 2 is 1.80 bits per heavy atom. The fraction of sp³-hybridized carbons (Fsp3) is 0.214. The molecule has 2 aromatic rings. The van der Waals surface area contributed by atoms with Crippen molar-refractivity contribution in [2.45, 2.75) is 9.97 Å². The van der Waals surface area contributed by atoms with Crippen molar-refractivity contribution in [3.8, 4) is 11.3 Å². The number of pyridine rings is 2. The van der Waals surface area contributed by atoms with E-state index in [0.717, 1.165) is 31.6 Å². The minimum atomic E-state index is -4.91. The highest BCUT2D eigenvalue weighted by Crippen LogP contribution is 2.38. The van der Waals surface area contributed by atoms with E-state index < -0.39 is 33.1 Å². The van der Waals surface area contributed by atoms with Crippen LogP contribution in [0.4, 0.5) is 23.2 Å². The Morgan fingerprint density at radius 3 is 2.32 bits per heavy atom. The molecule has 1 amide bonds. The zero-order chi connectivity index (χ0) is 19.0. The summed E-state index contributed by atoms with van der Waals surface area (Å²) in [5.41, 5.74) is -2.15. The molecule has 2 aromatic heterocycles. The fourth-order valence-corrected chi connectivity index (χ4v) is 2.32. The van der Waals surface area contributed by atoms with E-state index in [-0.39, 0.29) is 11.3 Å². The zero-order valence-corrected chi connectivity index (χ0v) is 14.6. The van der Waals surface area contributed by atoms with Gasteiger partial charge in [0.1, 0.15) is 5.82 Å². The third kappa shape index (κ3) is 4.50. The first-order valence-corrected chi connectivity index (χ1v) is 7.58. The molecule has 0 aliphatic heterocycles. The van der Waals surface area contributed by atoms with Crippen LogP contribution in [0, 0.1) is 5.82 Å². The fourth-order valence-electron chi connectivity index (χ4n) is 1.94. The molecule has 0 N–H and O–H groups in total. The van der Waals surface area contributed by atoms with Crippen molar-refractivity contribution < 1.29 is 22.4 Å². The molecule has 25 heavy (non-hydrogen) atoms. The van der Waals surface area contributed by atoms with Gasteiger partial charge in [0.05, 0.1) is 17.6 Å².